The van der Waals surface area contributed by atoms with E-state index in [9.17, 15) is 15.0 Å². The van der Waals surface area contributed by atoms with Crippen molar-refractivity contribution in [2.24, 2.45) is 40.4 Å². The van der Waals surface area contributed by atoms with E-state index < -0.39 is 11.7 Å². The molecule has 0 aromatic heterocycles. The van der Waals surface area contributed by atoms with Gasteiger partial charge in [-0.15, -0.1) is 0 Å². The van der Waals surface area contributed by atoms with Crippen LogP contribution in [0.5, 0.6) is 0 Å². The number of carbonyl (C=O) groups excluding carboxylic acids is 1. The lowest BCUT2D eigenvalue weighted by Gasteiger charge is -2.56. The SMILES string of the molecule is C[C@H](CC[C@@H](O)C(C)(C)O)[C@H]1CC[C@H]2[C@@H]3C(=O)C=C4C=CCC[C@]4(C)[C@H]3CC[C@]12C. The predicted molar refractivity (Wildman–Crippen MR) is 121 cm³/mol. The molecule has 8 atom stereocenters. The lowest BCUT2D eigenvalue weighted by atomic mass is 9.47. The minimum atomic E-state index is -1.04. The highest BCUT2D eigenvalue weighted by molar-refractivity contribution is 5.95. The molecule has 30 heavy (non-hydrogen) atoms. The van der Waals surface area contributed by atoms with Crippen LogP contribution < -0.4 is 0 Å². The Morgan fingerprint density at radius 1 is 1.13 bits per heavy atom. The van der Waals surface area contributed by atoms with Crippen LogP contribution in [0.3, 0.4) is 0 Å². The molecule has 0 aromatic rings. The summed E-state index contributed by atoms with van der Waals surface area (Å²) in [5.74, 6) is 2.69. The van der Waals surface area contributed by atoms with Gasteiger partial charge in [0, 0.05) is 5.92 Å². The van der Waals surface area contributed by atoms with Gasteiger partial charge in [-0.2, -0.15) is 0 Å². The van der Waals surface area contributed by atoms with Crippen molar-refractivity contribution in [1.29, 1.82) is 0 Å². The second-order valence-corrected chi connectivity index (χ2v) is 12.1. The number of hydrogen-bond acceptors (Lipinski definition) is 3. The van der Waals surface area contributed by atoms with Crippen molar-refractivity contribution in [3.05, 3.63) is 23.8 Å². The van der Waals surface area contributed by atoms with Crippen LogP contribution in [0.4, 0.5) is 0 Å². The molecular formula is C27H42O3. The summed E-state index contributed by atoms with van der Waals surface area (Å²) in [7, 11) is 0. The summed E-state index contributed by atoms with van der Waals surface area (Å²) in [4.78, 5) is 13.3. The van der Waals surface area contributed by atoms with Gasteiger partial charge in [-0.3, -0.25) is 4.79 Å². The molecule has 0 spiro atoms. The number of rotatable bonds is 5. The van der Waals surface area contributed by atoms with Crippen LogP contribution in [-0.2, 0) is 4.79 Å². The number of ketones is 1. The molecule has 0 heterocycles. The van der Waals surface area contributed by atoms with Gasteiger partial charge in [-0.05, 0) is 111 Å². The maximum atomic E-state index is 13.3. The zero-order valence-corrected chi connectivity index (χ0v) is 19.7. The van der Waals surface area contributed by atoms with Crippen LogP contribution >= 0.6 is 0 Å². The van der Waals surface area contributed by atoms with E-state index in [1.165, 1.54) is 37.7 Å². The monoisotopic (exact) mass is 414 g/mol. The van der Waals surface area contributed by atoms with Crippen LogP contribution in [0.15, 0.2) is 23.8 Å². The average Bonchev–Trinajstić information content (AvgIpc) is 3.02. The minimum Gasteiger partial charge on any atom is -0.390 e. The first-order valence-corrected chi connectivity index (χ1v) is 12.3. The Labute approximate surface area is 183 Å². The molecule has 168 valence electrons. The summed E-state index contributed by atoms with van der Waals surface area (Å²) in [6.07, 6.45) is 14.4. The molecule has 2 saturated carbocycles. The molecule has 4 rings (SSSR count). The summed E-state index contributed by atoms with van der Waals surface area (Å²) in [6.45, 7) is 10.6. The molecule has 3 nitrogen and oxygen atoms in total. The fourth-order valence-corrected chi connectivity index (χ4v) is 7.99. The fraction of sp³-hybridized carbons (Fsp3) is 0.815. The van der Waals surface area contributed by atoms with Gasteiger partial charge in [0.2, 0.25) is 0 Å². The number of fused-ring (bicyclic) bond motifs is 5. The molecule has 0 saturated heterocycles. The minimum absolute atomic E-state index is 0.176. The number of aliphatic hydroxyl groups excluding tert-OH is 1. The van der Waals surface area contributed by atoms with Crippen LogP contribution in [0, 0.1) is 40.4 Å². The first-order chi connectivity index (χ1) is 14.0. The molecule has 2 N–H and O–H groups in total. The first kappa shape index (κ1) is 22.3. The second-order valence-electron chi connectivity index (χ2n) is 12.1. The van der Waals surface area contributed by atoms with Gasteiger partial charge in [0.1, 0.15) is 0 Å². The summed E-state index contributed by atoms with van der Waals surface area (Å²) in [5, 5.41) is 20.4. The average molecular weight is 415 g/mol. The number of allylic oxidation sites excluding steroid dienone is 4. The molecule has 0 aromatic carbocycles. The smallest absolute Gasteiger partial charge is 0.159 e. The predicted octanol–water partition coefficient (Wildman–Crippen LogP) is 5.46. The van der Waals surface area contributed by atoms with Crippen molar-refractivity contribution in [2.75, 3.05) is 0 Å². The Kier molecular flexibility index (Phi) is 5.63. The summed E-state index contributed by atoms with van der Waals surface area (Å²) >= 11 is 0. The van der Waals surface area contributed by atoms with E-state index in [1.807, 2.05) is 6.08 Å². The highest BCUT2D eigenvalue weighted by Gasteiger charge is 2.60. The van der Waals surface area contributed by atoms with E-state index in [0.717, 1.165) is 12.8 Å². The molecule has 0 unspecified atom stereocenters. The lowest BCUT2D eigenvalue weighted by Crippen LogP contribution is -2.52. The summed E-state index contributed by atoms with van der Waals surface area (Å²) in [6, 6.07) is 0. The quantitative estimate of drug-likeness (QED) is 0.628. The third-order valence-corrected chi connectivity index (χ3v) is 9.97. The molecule has 0 amide bonds. The topological polar surface area (TPSA) is 57.5 Å². The van der Waals surface area contributed by atoms with Crippen molar-refractivity contribution in [2.45, 2.75) is 97.7 Å². The third kappa shape index (κ3) is 3.45. The van der Waals surface area contributed by atoms with Gasteiger partial charge in [0.25, 0.3) is 0 Å². The lowest BCUT2D eigenvalue weighted by molar-refractivity contribution is -0.133. The van der Waals surface area contributed by atoms with Crippen LogP contribution in [0.2, 0.25) is 0 Å². The number of hydrogen-bond donors (Lipinski definition) is 2. The van der Waals surface area contributed by atoms with E-state index in [0.29, 0.717) is 35.9 Å². The van der Waals surface area contributed by atoms with Crippen molar-refractivity contribution in [3.63, 3.8) is 0 Å². The van der Waals surface area contributed by atoms with E-state index in [1.54, 1.807) is 13.8 Å². The Bertz CT molecular complexity index is 744. The van der Waals surface area contributed by atoms with E-state index in [2.05, 4.69) is 32.9 Å². The molecule has 0 aliphatic heterocycles. The van der Waals surface area contributed by atoms with Crippen molar-refractivity contribution >= 4 is 5.78 Å². The van der Waals surface area contributed by atoms with Gasteiger partial charge in [0.05, 0.1) is 11.7 Å². The van der Waals surface area contributed by atoms with Crippen molar-refractivity contribution < 1.29 is 15.0 Å². The zero-order chi connectivity index (χ0) is 21.9. The standard InChI is InChI=1S/C27H42O3/c1-17(9-12-23(29)25(2,3)30)19-10-11-20-24-21(13-15-27(19,20)5)26(4)14-7-6-8-18(26)16-22(24)28/h6,8,16-17,19-21,23-24,29-30H,7,9-15H2,1-5H3/t17-,19-,20+,21+,23-,24+,26+,27-/m1/s1. The van der Waals surface area contributed by atoms with Crippen LogP contribution in [0.25, 0.3) is 0 Å². The number of aliphatic hydroxyl groups is 2. The van der Waals surface area contributed by atoms with E-state index >= 15 is 0 Å². The van der Waals surface area contributed by atoms with Crippen LogP contribution in [0.1, 0.15) is 86.0 Å². The maximum absolute atomic E-state index is 13.3. The highest BCUT2D eigenvalue weighted by atomic mass is 16.3. The molecule has 2 fully saturated rings. The zero-order valence-electron chi connectivity index (χ0n) is 19.7. The van der Waals surface area contributed by atoms with Gasteiger partial charge in [0.15, 0.2) is 5.78 Å². The van der Waals surface area contributed by atoms with Crippen molar-refractivity contribution in [3.8, 4) is 0 Å². The van der Waals surface area contributed by atoms with Gasteiger partial charge in [-0.1, -0.05) is 32.9 Å². The maximum Gasteiger partial charge on any atom is 0.159 e. The Balaban J connectivity index is 1.53. The van der Waals surface area contributed by atoms with E-state index in [4.69, 9.17) is 0 Å². The Morgan fingerprint density at radius 2 is 1.87 bits per heavy atom. The van der Waals surface area contributed by atoms with Gasteiger partial charge >= 0.3 is 0 Å². The molecule has 4 aliphatic carbocycles. The molecule has 4 aliphatic rings. The fourth-order valence-electron chi connectivity index (χ4n) is 7.99. The second kappa shape index (κ2) is 7.59. The molecule has 0 radical (unpaired) electrons. The Hall–Kier alpha value is -0.930. The highest BCUT2D eigenvalue weighted by Crippen LogP contribution is 2.66. The van der Waals surface area contributed by atoms with Crippen LogP contribution in [-0.4, -0.2) is 27.7 Å². The first-order valence-electron chi connectivity index (χ1n) is 12.3. The van der Waals surface area contributed by atoms with E-state index in [-0.39, 0.29) is 16.7 Å². The molecular weight excluding hydrogens is 372 g/mol. The summed E-state index contributed by atoms with van der Waals surface area (Å²) < 4.78 is 0. The number of carbonyl (C=O) groups is 1. The summed E-state index contributed by atoms with van der Waals surface area (Å²) in [5.41, 5.74) is 0.645. The third-order valence-electron chi connectivity index (χ3n) is 9.97. The van der Waals surface area contributed by atoms with Gasteiger partial charge in [-0.25, -0.2) is 0 Å². The Morgan fingerprint density at radius 3 is 2.57 bits per heavy atom. The van der Waals surface area contributed by atoms with Crippen molar-refractivity contribution in [1.82, 2.24) is 0 Å². The normalized spacial score (nSPS) is 42.8. The molecule has 0 bridgehead atoms. The van der Waals surface area contributed by atoms with Gasteiger partial charge < -0.3 is 10.2 Å². The molecule has 3 heteroatoms. The largest absolute Gasteiger partial charge is 0.390 e.